The van der Waals surface area contributed by atoms with Crippen molar-refractivity contribution in [2.75, 3.05) is 23.3 Å². The molecule has 1 aliphatic rings. The zero-order chi connectivity index (χ0) is 14.8. The van der Waals surface area contributed by atoms with Gasteiger partial charge in [0.05, 0.1) is 17.9 Å². The van der Waals surface area contributed by atoms with Gasteiger partial charge in [0, 0.05) is 19.0 Å². The molecule has 0 atom stereocenters. The maximum atomic E-state index is 11.8. The first-order valence-electron chi connectivity index (χ1n) is 6.55. The standard InChI is InChI=1S/C14H20N4O2/c1-10(19)16-17-13(20)8-18-9-14(2,3)15-11-6-4-5-7-12(11)18/h4-7,15H,8-9H2,1-3H3,(H,16,19)(H,17,20). The number of carbonyl (C=O) groups excluding carboxylic acids is 2. The molecule has 1 aromatic carbocycles. The van der Waals surface area contributed by atoms with E-state index in [-0.39, 0.29) is 23.9 Å². The fraction of sp³-hybridized carbons (Fsp3) is 0.429. The molecule has 0 aliphatic carbocycles. The van der Waals surface area contributed by atoms with Crippen molar-refractivity contribution in [1.82, 2.24) is 10.9 Å². The van der Waals surface area contributed by atoms with Gasteiger partial charge >= 0.3 is 0 Å². The monoisotopic (exact) mass is 276 g/mol. The number of carbonyl (C=O) groups is 2. The summed E-state index contributed by atoms with van der Waals surface area (Å²) in [5.74, 6) is -0.535. The molecule has 2 amide bonds. The van der Waals surface area contributed by atoms with Gasteiger partial charge in [0.15, 0.2) is 0 Å². The third-order valence-electron chi connectivity index (χ3n) is 3.02. The molecule has 20 heavy (non-hydrogen) atoms. The first-order chi connectivity index (χ1) is 9.37. The van der Waals surface area contributed by atoms with Crippen molar-refractivity contribution < 1.29 is 9.59 Å². The molecule has 108 valence electrons. The molecular weight excluding hydrogens is 256 g/mol. The highest BCUT2D eigenvalue weighted by atomic mass is 16.2. The average Bonchev–Trinajstić information content (AvgIpc) is 2.35. The van der Waals surface area contributed by atoms with E-state index in [1.165, 1.54) is 6.92 Å². The largest absolute Gasteiger partial charge is 0.377 e. The van der Waals surface area contributed by atoms with Gasteiger partial charge in [0.25, 0.3) is 5.91 Å². The Morgan fingerprint density at radius 3 is 2.70 bits per heavy atom. The summed E-state index contributed by atoms with van der Waals surface area (Å²) in [6, 6.07) is 7.87. The van der Waals surface area contributed by atoms with E-state index in [0.717, 1.165) is 11.4 Å². The molecule has 1 heterocycles. The first kappa shape index (κ1) is 14.2. The molecule has 0 unspecified atom stereocenters. The first-order valence-corrected chi connectivity index (χ1v) is 6.55. The van der Waals surface area contributed by atoms with E-state index in [9.17, 15) is 9.59 Å². The summed E-state index contributed by atoms with van der Waals surface area (Å²) >= 11 is 0. The number of amides is 2. The summed E-state index contributed by atoms with van der Waals surface area (Å²) in [7, 11) is 0. The van der Waals surface area contributed by atoms with Gasteiger partial charge in [-0.2, -0.15) is 0 Å². The fourth-order valence-corrected chi connectivity index (χ4v) is 2.33. The molecule has 0 saturated heterocycles. The Balaban J connectivity index is 2.11. The second-order valence-electron chi connectivity index (χ2n) is 5.61. The molecule has 1 aromatic rings. The van der Waals surface area contributed by atoms with E-state index in [0.29, 0.717) is 6.54 Å². The van der Waals surface area contributed by atoms with Gasteiger partial charge in [-0.1, -0.05) is 12.1 Å². The molecule has 1 aliphatic heterocycles. The molecule has 0 aromatic heterocycles. The highest BCUT2D eigenvalue weighted by Gasteiger charge is 2.30. The summed E-state index contributed by atoms with van der Waals surface area (Å²) in [5, 5.41) is 3.45. The van der Waals surface area contributed by atoms with E-state index in [4.69, 9.17) is 0 Å². The number of nitrogens with zero attached hydrogens (tertiary/aromatic N) is 1. The summed E-state index contributed by atoms with van der Waals surface area (Å²) < 4.78 is 0. The van der Waals surface area contributed by atoms with Crippen LogP contribution in [-0.4, -0.2) is 30.4 Å². The van der Waals surface area contributed by atoms with Crippen molar-refractivity contribution in [2.24, 2.45) is 0 Å². The van der Waals surface area contributed by atoms with Crippen molar-refractivity contribution in [3.63, 3.8) is 0 Å². The second-order valence-corrected chi connectivity index (χ2v) is 5.61. The zero-order valence-electron chi connectivity index (χ0n) is 12.0. The Labute approximate surface area is 118 Å². The molecule has 2 rings (SSSR count). The van der Waals surface area contributed by atoms with Gasteiger partial charge in [-0.25, -0.2) is 0 Å². The summed E-state index contributed by atoms with van der Waals surface area (Å²) in [6.07, 6.45) is 0. The Hall–Kier alpha value is -2.24. The summed E-state index contributed by atoms with van der Waals surface area (Å²) in [4.78, 5) is 24.6. The molecule has 0 radical (unpaired) electrons. The molecule has 0 fully saturated rings. The van der Waals surface area contributed by atoms with Crippen LogP contribution in [0.1, 0.15) is 20.8 Å². The molecule has 3 N–H and O–H groups in total. The van der Waals surface area contributed by atoms with Crippen LogP contribution in [0.25, 0.3) is 0 Å². The number of hydrogen-bond donors (Lipinski definition) is 3. The number of nitrogens with one attached hydrogen (secondary N) is 3. The van der Waals surface area contributed by atoms with Gasteiger partial charge in [-0.15, -0.1) is 0 Å². The Morgan fingerprint density at radius 1 is 1.30 bits per heavy atom. The topological polar surface area (TPSA) is 73.5 Å². The molecular formula is C14H20N4O2. The van der Waals surface area contributed by atoms with Crippen molar-refractivity contribution in [3.8, 4) is 0 Å². The Morgan fingerprint density at radius 2 is 2.00 bits per heavy atom. The van der Waals surface area contributed by atoms with E-state index >= 15 is 0 Å². The summed E-state index contributed by atoms with van der Waals surface area (Å²) in [5.41, 5.74) is 6.56. The van der Waals surface area contributed by atoms with Crippen LogP contribution in [0, 0.1) is 0 Å². The molecule has 6 nitrogen and oxygen atoms in total. The van der Waals surface area contributed by atoms with Crippen LogP contribution in [0.5, 0.6) is 0 Å². The minimum Gasteiger partial charge on any atom is -0.377 e. The third-order valence-corrected chi connectivity index (χ3v) is 3.02. The zero-order valence-corrected chi connectivity index (χ0v) is 12.0. The van der Waals surface area contributed by atoms with Crippen molar-refractivity contribution in [2.45, 2.75) is 26.3 Å². The van der Waals surface area contributed by atoms with Crippen LogP contribution in [0.2, 0.25) is 0 Å². The maximum Gasteiger partial charge on any atom is 0.257 e. The smallest absolute Gasteiger partial charge is 0.257 e. The highest BCUT2D eigenvalue weighted by Crippen LogP contribution is 2.33. The van der Waals surface area contributed by atoms with Crippen LogP contribution in [-0.2, 0) is 9.59 Å². The van der Waals surface area contributed by atoms with Gasteiger partial charge < -0.3 is 10.2 Å². The van der Waals surface area contributed by atoms with Crippen LogP contribution in [0.4, 0.5) is 11.4 Å². The molecule has 6 heteroatoms. The van der Waals surface area contributed by atoms with E-state index in [2.05, 4.69) is 30.0 Å². The number of rotatable bonds is 2. The maximum absolute atomic E-state index is 11.8. The number of hydrazine groups is 1. The van der Waals surface area contributed by atoms with Crippen molar-refractivity contribution in [3.05, 3.63) is 24.3 Å². The lowest BCUT2D eigenvalue weighted by atomic mass is 9.99. The molecule has 0 saturated carbocycles. The molecule has 0 bridgehead atoms. The number of fused-ring (bicyclic) bond motifs is 1. The minimum atomic E-state index is -0.292. The van der Waals surface area contributed by atoms with Gasteiger partial charge in [-0.05, 0) is 26.0 Å². The predicted octanol–water partition coefficient (Wildman–Crippen LogP) is 0.864. The second kappa shape index (κ2) is 5.40. The number of hydrogen-bond acceptors (Lipinski definition) is 4. The van der Waals surface area contributed by atoms with Gasteiger partial charge in [0.1, 0.15) is 0 Å². The third kappa shape index (κ3) is 3.40. The number of para-hydroxylation sites is 2. The summed E-state index contributed by atoms with van der Waals surface area (Å²) in [6.45, 7) is 6.42. The normalized spacial score (nSPS) is 15.8. The van der Waals surface area contributed by atoms with Crippen LogP contribution in [0.3, 0.4) is 0 Å². The lowest BCUT2D eigenvalue weighted by Crippen LogP contribution is -2.53. The quantitative estimate of drug-likeness (QED) is 0.701. The van der Waals surface area contributed by atoms with Crippen molar-refractivity contribution >= 4 is 23.2 Å². The highest BCUT2D eigenvalue weighted by molar-refractivity contribution is 5.86. The lowest BCUT2D eigenvalue weighted by Gasteiger charge is -2.41. The Bertz CT molecular complexity index is 528. The van der Waals surface area contributed by atoms with Crippen LogP contribution >= 0.6 is 0 Å². The van der Waals surface area contributed by atoms with Gasteiger partial charge in [0.2, 0.25) is 5.91 Å². The fourth-order valence-electron chi connectivity index (χ4n) is 2.33. The van der Waals surface area contributed by atoms with E-state index in [1.807, 2.05) is 29.2 Å². The van der Waals surface area contributed by atoms with E-state index in [1.54, 1.807) is 0 Å². The SMILES string of the molecule is CC(=O)NNC(=O)CN1CC(C)(C)Nc2ccccc21. The minimum absolute atomic E-state index is 0.122. The average molecular weight is 276 g/mol. The van der Waals surface area contributed by atoms with Gasteiger partial charge in [-0.3, -0.25) is 20.4 Å². The van der Waals surface area contributed by atoms with Crippen LogP contribution < -0.4 is 21.1 Å². The lowest BCUT2D eigenvalue weighted by molar-refractivity contribution is -0.127. The van der Waals surface area contributed by atoms with Crippen LogP contribution in [0.15, 0.2) is 24.3 Å². The number of anilines is 2. The number of benzene rings is 1. The Kier molecular flexibility index (Phi) is 3.83. The predicted molar refractivity (Wildman–Crippen MR) is 78.3 cm³/mol. The van der Waals surface area contributed by atoms with E-state index < -0.39 is 0 Å². The molecule has 0 spiro atoms. The van der Waals surface area contributed by atoms with Crippen molar-refractivity contribution in [1.29, 1.82) is 0 Å².